The predicted octanol–water partition coefficient (Wildman–Crippen LogP) is 7.70. The zero-order valence-corrected chi connectivity index (χ0v) is 18.6. The van der Waals surface area contributed by atoms with E-state index >= 15 is 0 Å². The van der Waals surface area contributed by atoms with Crippen LogP contribution < -0.4 is 0 Å². The van der Waals surface area contributed by atoms with E-state index in [1.165, 1.54) is 64.2 Å². The maximum atomic E-state index is 4.93. The molecule has 0 amide bonds. The fourth-order valence-corrected chi connectivity index (χ4v) is 4.27. The molecule has 0 radical (unpaired) electrons. The molecule has 4 unspecified atom stereocenters. The van der Waals surface area contributed by atoms with Crippen LogP contribution in [-0.2, 0) is 20.8 Å². The second kappa shape index (κ2) is 15.0. The van der Waals surface area contributed by atoms with Crippen LogP contribution in [0.1, 0.15) is 78.1 Å². The van der Waals surface area contributed by atoms with Crippen molar-refractivity contribution >= 4 is 17.0 Å². The summed E-state index contributed by atoms with van der Waals surface area (Å²) < 4.78 is 0. The Balaban J connectivity index is 0. The third kappa shape index (κ3) is 9.37. The number of halogens is 2. The van der Waals surface area contributed by atoms with Crippen molar-refractivity contribution in [1.29, 1.82) is 0 Å². The molecule has 3 aliphatic rings. The van der Waals surface area contributed by atoms with Gasteiger partial charge in [0.15, 0.2) is 0 Å². The first-order valence-electron chi connectivity index (χ1n) is 8.17. The van der Waals surface area contributed by atoms with Crippen molar-refractivity contribution in [2.45, 2.75) is 78.1 Å². The second-order valence-electron chi connectivity index (χ2n) is 6.63. The van der Waals surface area contributed by atoms with Gasteiger partial charge in [-0.25, -0.2) is 0 Å². The molecule has 0 nitrogen and oxygen atoms in total. The van der Waals surface area contributed by atoms with Crippen molar-refractivity contribution in [2.24, 2.45) is 23.7 Å². The van der Waals surface area contributed by atoms with E-state index in [0.717, 1.165) is 23.7 Å². The minimum atomic E-state index is -0.826. The van der Waals surface area contributed by atoms with Gasteiger partial charge in [-0.15, -0.1) is 0 Å². The van der Waals surface area contributed by atoms with E-state index in [0.29, 0.717) is 0 Å². The Morgan fingerprint density at radius 1 is 0.619 bits per heavy atom. The van der Waals surface area contributed by atoms with Gasteiger partial charge in [0.1, 0.15) is 0 Å². The fourth-order valence-electron chi connectivity index (χ4n) is 4.27. The monoisotopic (exact) mass is 412 g/mol. The zero-order valence-electron chi connectivity index (χ0n) is 14.6. The standard InChI is InChI=1S/C11H20.C5H10.2CH3.2ClH.Zr/c1-8-6-7-9(2)11-5-3-4-10(8)11;1-2-4-5-3-1;;;;;/h8-11H,3-7H2,1-2H3;1-5H2;2*1H3;2*1H;/q;;2*-1;;;+4/p-2. The molecular formula is C18H36Cl2Zr. The summed E-state index contributed by atoms with van der Waals surface area (Å²) in [5.74, 6) is 4.30. The summed E-state index contributed by atoms with van der Waals surface area (Å²) in [5.41, 5.74) is 0. The summed E-state index contributed by atoms with van der Waals surface area (Å²) in [6, 6.07) is 0. The Morgan fingerprint density at radius 3 is 1.19 bits per heavy atom. The van der Waals surface area contributed by atoms with Gasteiger partial charge in [0.25, 0.3) is 0 Å². The van der Waals surface area contributed by atoms with Crippen LogP contribution in [0.2, 0.25) is 0 Å². The Labute approximate surface area is 153 Å². The topological polar surface area (TPSA) is 0 Å². The van der Waals surface area contributed by atoms with Crippen molar-refractivity contribution in [1.82, 2.24) is 0 Å². The molecule has 126 valence electrons. The molecule has 0 saturated heterocycles. The normalized spacial score (nSPS) is 32.8. The molecule has 3 rings (SSSR count). The number of rotatable bonds is 0. The number of hydrogen-bond donors (Lipinski definition) is 0. The van der Waals surface area contributed by atoms with Crippen molar-refractivity contribution in [3.63, 3.8) is 0 Å². The molecule has 0 aromatic carbocycles. The average Bonchev–Trinajstić information content (AvgIpc) is 3.07. The van der Waals surface area contributed by atoms with Crippen LogP contribution in [0.3, 0.4) is 0 Å². The third-order valence-electron chi connectivity index (χ3n) is 5.41. The molecule has 21 heavy (non-hydrogen) atoms. The predicted molar refractivity (Wildman–Crippen MR) is 96.0 cm³/mol. The molecule has 0 spiro atoms. The van der Waals surface area contributed by atoms with Crippen LogP contribution in [-0.4, -0.2) is 0 Å². The van der Waals surface area contributed by atoms with Gasteiger partial charge in [0.05, 0.1) is 0 Å². The summed E-state index contributed by atoms with van der Waals surface area (Å²) in [4.78, 5) is 0. The first-order valence-corrected chi connectivity index (χ1v) is 14.5. The molecule has 3 fully saturated rings. The van der Waals surface area contributed by atoms with Crippen LogP contribution in [0, 0.1) is 38.5 Å². The molecule has 3 saturated carbocycles. The van der Waals surface area contributed by atoms with E-state index in [9.17, 15) is 0 Å². The summed E-state index contributed by atoms with van der Waals surface area (Å²) in [6.45, 7) is 4.93. The van der Waals surface area contributed by atoms with E-state index in [1.807, 2.05) is 0 Å². The van der Waals surface area contributed by atoms with Crippen molar-refractivity contribution in [2.75, 3.05) is 0 Å². The van der Waals surface area contributed by atoms with Crippen LogP contribution in [0.15, 0.2) is 0 Å². The summed E-state index contributed by atoms with van der Waals surface area (Å²) in [6.07, 6.45) is 15.1. The van der Waals surface area contributed by atoms with Gasteiger partial charge >= 0.3 is 37.9 Å². The molecule has 3 aliphatic carbocycles. The number of fused-ring (bicyclic) bond motifs is 1. The summed E-state index contributed by atoms with van der Waals surface area (Å²) in [5, 5.41) is 0. The Hall–Kier alpha value is 1.46. The van der Waals surface area contributed by atoms with Gasteiger partial charge in [-0.05, 0) is 36.5 Å². The summed E-state index contributed by atoms with van der Waals surface area (Å²) >= 11 is -0.826. The minimum absolute atomic E-state index is 0. The Bertz CT molecular complexity index is 196. The summed E-state index contributed by atoms with van der Waals surface area (Å²) in [7, 11) is 9.87. The molecule has 0 N–H and O–H groups in total. The van der Waals surface area contributed by atoms with Gasteiger partial charge in [-0.3, -0.25) is 0 Å². The van der Waals surface area contributed by atoms with Crippen molar-refractivity contribution in [3.05, 3.63) is 14.9 Å². The SMILES string of the molecule is C1CCCC1.CC1CCC(C)C2CCCC12.[CH3-].[CH3-].[Cl][Zr+2][Cl]. The second-order valence-corrected chi connectivity index (χ2v) is 10.4. The van der Waals surface area contributed by atoms with E-state index in [1.54, 1.807) is 0 Å². The molecule has 0 heterocycles. The molecule has 0 aliphatic heterocycles. The molecule has 0 bridgehead atoms. The Morgan fingerprint density at radius 2 is 0.905 bits per heavy atom. The van der Waals surface area contributed by atoms with Crippen LogP contribution >= 0.6 is 17.0 Å². The van der Waals surface area contributed by atoms with Crippen molar-refractivity contribution < 1.29 is 20.8 Å². The molecule has 0 aromatic rings. The van der Waals surface area contributed by atoms with Gasteiger partial charge in [0, 0.05) is 0 Å². The quantitative estimate of drug-likeness (QED) is 0.356. The van der Waals surface area contributed by atoms with Crippen molar-refractivity contribution in [3.8, 4) is 0 Å². The van der Waals surface area contributed by atoms with Crippen LogP contribution in [0.4, 0.5) is 0 Å². The van der Waals surface area contributed by atoms with Gasteiger partial charge in [-0.2, -0.15) is 0 Å². The van der Waals surface area contributed by atoms with E-state index in [2.05, 4.69) is 13.8 Å². The molecular weight excluding hydrogens is 378 g/mol. The zero-order chi connectivity index (χ0) is 14.1. The average molecular weight is 415 g/mol. The third-order valence-corrected chi connectivity index (χ3v) is 5.41. The van der Waals surface area contributed by atoms with Gasteiger partial charge in [0.2, 0.25) is 0 Å². The molecule has 0 aromatic heterocycles. The van der Waals surface area contributed by atoms with Crippen LogP contribution in [0.5, 0.6) is 0 Å². The Kier molecular flexibility index (Phi) is 17.7. The molecule has 4 atom stereocenters. The van der Waals surface area contributed by atoms with E-state index in [4.69, 9.17) is 17.0 Å². The first kappa shape index (κ1) is 24.7. The van der Waals surface area contributed by atoms with Crippen LogP contribution in [0.25, 0.3) is 0 Å². The first-order chi connectivity index (χ1) is 9.20. The molecule has 3 heteroatoms. The van der Waals surface area contributed by atoms with E-state index < -0.39 is 20.8 Å². The van der Waals surface area contributed by atoms with Gasteiger partial charge in [-0.1, -0.05) is 65.2 Å². The van der Waals surface area contributed by atoms with Gasteiger partial charge < -0.3 is 14.9 Å². The number of hydrogen-bond acceptors (Lipinski definition) is 0. The van der Waals surface area contributed by atoms with E-state index in [-0.39, 0.29) is 14.9 Å². The fraction of sp³-hybridized carbons (Fsp3) is 0.889. The maximum absolute atomic E-state index is 4.93.